The van der Waals surface area contributed by atoms with Crippen molar-refractivity contribution in [1.29, 1.82) is 0 Å². The minimum atomic E-state index is -3.13. The first kappa shape index (κ1) is 16.0. The third-order valence-electron chi connectivity index (χ3n) is 2.88. The molecular weight excluding hydrogens is 356 g/mol. The molecule has 2 aromatic rings. The summed E-state index contributed by atoms with van der Waals surface area (Å²) < 4.78 is 25.2. The van der Waals surface area contributed by atoms with Gasteiger partial charge in [-0.05, 0) is 40.5 Å². The summed E-state index contributed by atoms with van der Waals surface area (Å²) in [6.45, 7) is 1.04. The highest BCUT2D eigenvalue weighted by molar-refractivity contribution is 9.10. The van der Waals surface area contributed by atoms with Crippen LogP contribution in [0.5, 0.6) is 0 Å². The van der Waals surface area contributed by atoms with E-state index in [1.165, 1.54) is 0 Å². The number of nitrogens with zero attached hydrogens (tertiary/aromatic N) is 1. The van der Waals surface area contributed by atoms with Crippen LogP contribution in [0.4, 0.5) is 11.4 Å². The SMILES string of the molecule is CS(=O)(=O)NCCCNc1ccc(N)c2cc(Br)cnc12. The maximum atomic E-state index is 10.9. The van der Waals surface area contributed by atoms with Crippen molar-refractivity contribution in [1.82, 2.24) is 9.71 Å². The maximum Gasteiger partial charge on any atom is 0.208 e. The van der Waals surface area contributed by atoms with E-state index in [0.717, 1.165) is 27.3 Å². The summed E-state index contributed by atoms with van der Waals surface area (Å²) in [7, 11) is -3.13. The van der Waals surface area contributed by atoms with E-state index >= 15 is 0 Å². The summed E-state index contributed by atoms with van der Waals surface area (Å²) in [4.78, 5) is 4.38. The van der Waals surface area contributed by atoms with Gasteiger partial charge in [-0.25, -0.2) is 13.1 Å². The number of hydrogen-bond donors (Lipinski definition) is 3. The fourth-order valence-corrected chi connectivity index (χ4v) is 2.77. The Morgan fingerprint density at radius 1 is 1.33 bits per heavy atom. The largest absolute Gasteiger partial charge is 0.398 e. The van der Waals surface area contributed by atoms with Gasteiger partial charge in [0.1, 0.15) is 0 Å². The Labute approximate surface area is 132 Å². The van der Waals surface area contributed by atoms with E-state index in [-0.39, 0.29) is 0 Å². The van der Waals surface area contributed by atoms with Gasteiger partial charge in [0.25, 0.3) is 0 Å². The van der Waals surface area contributed by atoms with E-state index < -0.39 is 10.0 Å². The third-order valence-corrected chi connectivity index (χ3v) is 4.05. The first-order valence-electron chi connectivity index (χ1n) is 6.39. The highest BCUT2D eigenvalue weighted by Crippen LogP contribution is 2.28. The second kappa shape index (κ2) is 6.59. The van der Waals surface area contributed by atoms with Crippen molar-refractivity contribution < 1.29 is 8.42 Å². The molecule has 0 aliphatic heterocycles. The Kier molecular flexibility index (Phi) is 5.02. The van der Waals surface area contributed by atoms with Crippen LogP contribution in [0.3, 0.4) is 0 Å². The number of hydrogen-bond acceptors (Lipinski definition) is 5. The molecule has 0 aliphatic carbocycles. The number of nitrogen functional groups attached to an aromatic ring is 1. The number of rotatable bonds is 6. The number of benzene rings is 1. The lowest BCUT2D eigenvalue weighted by atomic mass is 10.1. The standard InChI is InChI=1S/C13H17BrN4O2S/c1-21(19,20)18-6-2-5-16-12-4-3-11(15)10-7-9(14)8-17-13(10)12/h3-4,7-8,16,18H,2,5-6,15H2,1H3. The summed E-state index contributed by atoms with van der Waals surface area (Å²) in [6.07, 6.45) is 3.54. The van der Waals surface area contributed by atoms with Crippen LogP contribution in [0.15, 0.2) is 28.9 Å². The van der Waals surface area contributed by atoms with Crippen LogP contribution in [0.2, 0.25) is 0 Å². The molecule has 0 spiro atoms. The molecule has 0 atom stereocenters. The van der Waals surface area contributed by atoms with Crippen LogP contribution in [0.1, 0.15) is 6.42 Å². The molecule has 114 valence electrons. The molecular formula is C13H17BrN4O2S. The zero-order valence-electron chi connectivity index (χ0n) is 11.6. The molecule has 1 aromatic carbocycles. The number of aromatic nitrogens is 1. The quantitative estimate of drug-likeness (QED) is 0.531. The fraction of sp³-hybridized carbons (Fsp3) is 0.308. The molecule has 0 saturated carbocycles. The van der Waals surface area contributed by atoms with Crippen LogP contribution in [0, 0.1) is 0 Å². The summed E-state index contributed by atoms with van der Waals surface area (Å²) >= 11 is 3.38. The minimum Gasteiger partial charge on any atom is -0.398 e. The fourth-order valence-electron chi connectivity index (χ4n) is 1.93. The number of nitrogens with one attached hydrogen (secondary N) is 2. The van der Waals surface area contributed by atoms with Crippen molar-refractivity contribution >= 4 is 48.2 Å². The van der Waals surface area contributed by atoms with Crippen molar-refractivity contribution in [2.45, 2.75) is 6.42 Å². The second-order valence-corrected chi connectivity index (χ2v) is 7.45. The van der Waals surface area contributed by atoms with Gasteiger partial charge in [-0.15, -0.1) is 0 Å². The summed E-state index contributed by atoms with van der Waals surface area (Å²) in [5.41, 5.74) is 8.30. The van der Waals surface area contributed by atoms with Gasteiger partial charge in [-0.3, -0.25) is 4.98 Å². The lowest BCUT2D eigenvalue weighted by Gasteiger charge is -2.11. The summed E-state index contributed by atoms with van der Waals surface area (Å²) in [5.74, 6) is 0. The third kappa shape index (κ3) is 4.55. The number of sulfonamides is 1. The van der Waals surface area contributed by atoms with E-state index in [1.807, 2.05) is 18.2 Å². The van der Waals surface area contributed by atoms with E-state index in [2.05, 4.69) is 31.0 Å². The number of nitrogens with two attached hydrogens (primary N) is 1. The predicted molar refractivity (Wildman–Crippen MR) is 89.8 cm³/mol. The van der Waals surface area contributed by atoms with E-state index in [1.54, 1.807) is 6.20 Å². The summed E-state index contributed by atoms with van der Waals surface area (Å²) in [6, 6.07) is 5.63. The maximum absolute atomic E-state index is 10.9. The molecule has 1 aromatic heterocycles. The average molecular weight is 373 g/mol. The van der Waals surface area contributed by atoms with Gasteiger partial charge in [-0.1, -0.05) is 0 Å². The first-order valence-corrected chi connectivity index (χ1v) is 9.07. The molecule has 0 amide bonds. The van der Waals surface area contributed by atoms with Gasteiger partial charge in [0, 0.05) is 34.8 Å². The lowest BCUT2D eigenvalue weighted by Crippen LogP contribution is -2.24. The Hall–Kier alpha value is -1.38. The van der Waals surface area contributed by atoms with Gasteiger partial charge < -0.3 is 11.1 Å². The van der Waals surface area contributed by atoms with Gasteiger partial charge in [0.15, 0.2) is 0 Å². The second-order valence-electron chi connectivity index (χ2n) is 4.70. The number of fused-ring (bicyclic) bond motifs is 1. The monoisotopic (exact) mass is 372 g/mol. The van der Waals surface area contributed by atoms with Crippen LogP contribution < -0.4 is 15.8 Å². The van der Waals surface area contributed by atoms with Crippen LogP contribution in [-0.4, -0.2) is 32.7 Å². The van der Waals surface area contributed by atoms with Gasteiger partial charge in [-0.2, -0.15) is 0 Å². The van der Waals surface area contributed by atoms with Crippen LogP contribution in [-0.2, 0) is 10.0 Å². The molecule has 0 radical (unpaired) electrons. The van der Waals surface area contributed by atoms with Crippen molar-refractivity contribution in [3.05, 3.63) is 28.9 Å². The van der Waals surface area contributed by atoms with Crippen molar-refractivity contribution in [2.75, 3.05) is 30.4 Å². The smallest absolute Gasteiger partial charge is 0.208 e. The number of anilines is 2. The highest BCUT2D eigenvalue weighted by Gasteiger charge is 2.06. The molecule has 2 rings (SSSR count). The molecule has 0 saturated heterocycles. The molecule has 21 heavy (non-hydrogen) atoms. The molecule has 0 aliphatic rings. The van der Waals surface area contributed by atoms with Gasteiger partial charge in [0.2, 0.25) is 10.0 Å². The normalized spacial score (nSPS) is 11.7. The molecule has 0 unspecified atom stereocenters. The van der Waals surface area contributed by atoms with Crippen LogP contribution in [0.25, 0.3) is 10.9 Å². The molecule has 0 bridgehead atoms. The van der Waals surface area contributed by atoms with Gasteiger partial charge in [0.05, 0.1) is 17.5 Å². The topological polar surface area (TPSA) is 97.1 Å². The molecule has 8 heteroatoms. The number of halogens is 1. The number of pyridine rings is 1. The zero-order chi connectivity index (χ0) is 15.5. The van der Waals surface area contributed by atoms with Crippen LogP contribution >= 0.6 is 15.9 Å². The average Bonchev–Trinajstić information content (AvgIpc) is 2.40. The summed E-state index contributed by atoms with van der Waals surface area (Å²) in [5, 5.41) is 4.13. The van der Waals surface area contributed by atoms with E-state index in [9.17, 15) is 8.42 Å². The predicted octanol–water partition coefficient (Wildman–Crippen LogP) is 1.93. The lowest BCUT2D eigenvalue weighted by molar-refractivity contribution is 0.586. The molecule has 6 nitrogen and oxygen atoms in total. The Balaban J connectivity index is 2.04. The minimum absolute atomic E-state index is 0.401. The van der Waals surface area contributed by atoms with E-state index in [4.69, 9.17) is 5.73 Å². The first-order chi connectivity index (χ1) is 9.87. The van der Waals surface area contributed by atoms with Crippen molar-refractivity contribution in [2.24, 2.45) is 0 Å². The van der Waals surface area contributed by atoms with Crippen molar-refractivity contribution in [3.8, 4) is 0 Å². The molecule has 0 fully saturated rings. The highest BCUT2D eigenvalue weighted by atomic mass is 79.9. The Bertz CT molecular complexity index is 749. The molecule has 1 heterocycles. The Morgan fingerprint density at radius 3 is 2.81 bits per heavy atom. The van der Waals surface area contributed by atoms with E-state index in [0.29, 0.717) is 25.2 Å². The van der Waals surface area contributed by atoms with Crippen molar-refractivity contribution in [3.63, 3.8) is 0 Å². The Morgan fingerprint density at radius 2 is 2.10 bits per heavy atom. The zero-order valence-corrected chi connectivity index (χ0v) is 14.0. The molecule has 4 N–H and O–H groups in total. The van der Waals surface area contributed by atoms with Gasteiger partial charge >= 0.3 is 0 Å².